The molecule has 1 saturated heterocycles. The van der Waals surface area contributed by atoms with Crippen molar-refractivity contribution in [2.45, 2.75) is 45.5 Å². The van der Waals surface area contributed by atoms with E-state index in [9.17, 15) is 9.90 Å². The van der Waals surface area contributed by atoms with Crippen LogP contribution in [0.25, 0.3) is 0 Å². The van der Waals surface area contributed by atoms with Gasteiger partial charge in [0.15, 0.2) is 0 Å². The summed E-state index contributed by atoms with van der Waals surface area (Å²) in [6.07, 6.45) is -1.31. The summed E-state index contributed by atoms with van der Waals surface area (Å²) in [5, 5.41) is 9.66. The zero-order valence-corrected chi connectivity index (χ0v) is 10.4. The summed E-state index contributed by atoms with van der Waals surface area (Å²) < 4.78 is 10.5. The van der Waals surface area contributed by atoms with Crippen molar-refractivity contribution in [3.05, 3.63) is 0 Å². The Kier molecular flexibility index (Phi) is 4.15. The van der Waals surface area contributed by atoms with Crippen LogP contribution in [0.15, 0.2) is 0 Å². The molecule has 16 heavy (non-hydrogen) atoms. The van der Waals surface area contributed by atoms with Gasteiger partial charge in [-0.3, -0.25) is 0 Å². The fourth-order valence-corrected chi connectivity index (χ4v) is 1.61. The first-order valence-electron chi connectivity index (χ1n) is 5.61. The van der Waals surface area contributed by atoms with Gasteiger partial charge in [0.1, 0.15) is 11.7 Å². The topological polar surface area (TPSA) is 59.0 Å². The molecule has 2 atom stereocenters. The summed E-state index contributed by atoms with van der Waals surface area (Å²) in [4.78, 5) is 13.2. The minimum atomic E-state index is -0.618. The van der Waals surface area contributed by atoms with Crippen molar-refractivity contribution in [2.24, 2.45) is 0 Å². The van der Waals surface area contributed by atoms with Crippen LogP contribution in [0.2, 0.25) is 0 Å². The second-order valence-electron chi connectivity index (χ2n) is 4.95. The average molecular weight is 231 g/mol. The number of aliphatic hydroxyl groups excluding tert-OH is 1. The van der Waals surface area contributed by atoms with Gasteiger partial charge in [0, 0.05) is 6.61 Å². The lowest BCUT2D eigenvalue weighted by Crippen LogP contribution is -2.36. The Hall–Kier alpha value is -0.810. The fraction of sp³-hybridized carbons (Fsp3) is 0.909. The van der Waals surface area contributed by atoms with Crippen LogP contribution in [0.3, 0.4) is 0 Å². The predicted molar refractivity (Wildman–Crippen MR) is 59.2 cm³/mol. The third-order valence-corrected chi connectivity index (χ3v) is 2.27. The lowest BCUT2D eigenvalue weighted by Gasteiger charge is -2.24. The highest BCUT2D eigenvalue weighted by Gasteiger charge is 2.36. The maximum atomic E-state index is 11.7. The lowest BCUT2D eigenvalue weighted by atomic mass is 10.2. The van der Waals surface area contributed by atoms with E-state index in [0.29, 0.717) is 13.2 Å². The SMILES string of the molecule is CCO[C@@H]1CN(C(=O)OC(C)(C)C)C[C@H]1O. The second kappa shape index (κ2) is 5.01. The summed E-state index contributed by atoms with van der Waals surface area (Å²) in [5.41, 5.74) is -0.508. The van der Waals surface area contributed by atoms with Crippen molar-refractivity contribution < 1.29 is 19.4 Å². The van der Waals surface area contributed by atoms with E-state index in [4.69, 9.17) is 9.47 Å². The van der Waals surface area contributed by atoms with Crippen LogP contribution in [0.1, 0.15) is 27.7 Å². The normalized spacial score (nSPS) is 25.9. The summed E-state index contributed by atoms with van der Waals surface area (Å²) in [6.45, 7) is 8.52. The first-order valence-corrected chi connectivity index (χ1v) is 5.61. The Morgan fingerprint density at radius 2 is 2.06 bits per heavy atom. The quantitative estimate of drug-likeness (QED) is 0.770. The molecule has 0 aliphatic carbocycles. The number of nitrogens with zero attached hydrogens (tertiary/aromatic N) is 1. The van der Waals surface area contributed by atoms with Crippen molar-refractivity contribution in [2.75, 3.05) is 19.7 Å². The molecule has 1 aliphatic heterocycles. The molecule has 0 aromatic heterocycles. The number of hydrogen-bond acceptors (Lipinski definition) is 4. The van der Waals surface area contributed by atoms with Gasteiger partial charge in [-0.2, -0.15) is 0 Å². The van der Waals surface area contributed by atoms with Gasteiger partial charge in [-0.1, -0.05) is 0 Å². The maximum Gasteiger partial charge on any atom is 0.410 e. The largest absolute Gasteiger partial charge is 0.444 e. The lowest BCUT2D eigenvalue weighted by molar-refractivity contribution is -0.00301. The van der Waals surface area contributed by atoms with Crippen LogP contribution in [0, 0.1) is 0 Å². The van der Waals surface area contributed by atoms with Crippen molar-refractivity contribution >= 4 is 6.09 Å². The third-order valence-electron chi connectivity index (χ3n) is 2.27. The molecule has 94 valence electrons. The summed E-state index contributed by atoms with van der Waals surface area (Å²) in [6, 6.07) is 0. The van der Waals surface area contributed by atoms with Crippen LogP contribution in [-0.4, -0.2) is 53.6 Å². The summed E-state index contributed by atoms with van der Waals surface area (Å²) in [7, 11) is 0. The average Bonchev–Trinajstić information content (AvgIpc) is 2.46. The van der Waals surface area contributed by atoms with Crippen LogP contribution in [0.4, 0.5) is 4.79 Å². The van der Waals surface area contributed by atoms with Crippen molar-refractivity contribution in [1.82, 2.24) is 4.90 Å². The molecule has 0 aromatic rings. The zero-order chi connectivity index (χ0) is 12.3. The number of likely N-dealkylation sites (tertiary alicyclic amines) is 1. The second-order valence-corrected chi connectivity index (χ2v) is 4.95. The zero-order valence-electron chi connectivity index (χ0n) is 10.4. The number of aliphatic hydroxyl groups is 1. The molecule has 5 nitrogen and oxygen atoms in total. The highest BCUT2D eigenvalue weighted by Crippen LogP contribution is 2.17. The van der Waals surface area contributed by atoms with Gasteiger partial charge < -0.3 is 19.5 Å². The molecule has 5 heteroatoms. The molecule has 1 aliphatic rings. The van der Waals surface area contributed by atoms with E-state index >= 15 is 0 Å². The minimum absolute atomic E-state index is 0.277. The van der Waals surface area contributed by atoms with E-state index in [0.717, 1.165) is 0 Å². The standard InChI is InChI=1S/C11H21NO4/c1-5-15-9-7-12(6-8(9)13)10(14)16-11(2,3)4/h8-9,13H,5-7H2,1-4H3/t8-,9-/m1/s1. The molecule has 0 spiro atoms. The van der Waals surface area contributed by atoms with Crippen molar-refractivity contribution in [3.63, 3.8) is 0 Å². The fourth-order valence-electron chi connectivity index (χ4n) is 1.61. The number of ether oxygens (including phenoxy) is 2. The van der Waals surface area contributed by atoms with Crippen LogP contribution in [-0.2, 0) is 9.47 Å². The first kappa shape index (κ1) is 13.3. The molecule has 1 N–H and O–H groups in total. The Labute approximate surface area is 96.3 Å². The minimum Gasteiger partial charge on any atom is -0.444 e. The predicted octanol–water partition coefficient (Wildman–Crippen LogP) is 1.00. The van der Waals surface area contributed by atoms with E-state index in [1.165, 1.54) is 4.90 Å². The van der Waals surface area contributed by atoms with Crippen molar-refractivity contribution in [1.29, 1.82) is 0 Å². The van der Waals surface area contributed by atoms with Gasteiger partial charge in [-0.15, -0.1) is 0 Å². The number of rotatable bonds is 2. The molecular formula is C11H21NO4. The number of hydrogen-bond donors (Lipinski definition) is 1. The number of amides is 1. The molecule has 0 bridgehead atoms. The smallest absolute Gasteiger partial charge is 0.410 e. The highest BCUT2D eigenvalue weighted by atomic mass is 16.6. The number of carbonyl (C=O) groups is 1. The van der Waals surface area contributed by atoms with E-state index in [1.807, 2.05) is 27.7 Å². The van der Waals surface area contributed by atoms with Gasteiger partial charge in [0.05, 0.1) is 19.2 Å². The maximum absolute atomic E-state index is 11.7. The number of carbonyl (C=O) groups excluding carboxylic acids is 1. The van der Waals surface area contributed by atoms with Gasteiger partial charge in [0.25, 0.3) is 0 Å². The van der Waals surface area contributed by atoms with E-state index in [1.54, 1.807) is 0 Å². The van der Waals surface area contributed by atoms with Crippen LogP contribution >= 0.6 is 0 Å². The molecule has 1 rings (SSSR count). The molecular weight excluding hydrogens is 210 g/mol. The van der Waals surface area contributed by atoms with Gasteiger partial charge in [0.2, 0.25) is 0 Å². The summed E-state index contributed by atoms with van der Waals surface area (Å²) in [5.74, 6) is 0. The van der Waals surface area contributed by atoms with Gasteiger partial charge in [-0.05, 0) is 27.7 Å². The third kappa shape index (κ3) is 3.64. The van der Waals surface area contributed by atoms with Gasteiger partial charge >= 0.3 is 6.09 Å². The highest BCUT2D eigenvalue weighted by molar-refractivity contribution is 5.68. The Morgan fingerprint density at radius 3 is 2.56 bits per heavy atom. The van der Waals surface area contributed by atoms with Gasteiger partial charge in [-0.25, -0.2) is 4.79 Å². The Balaban J connectivity index is 2.48. The number of β-amino-alcohol motifs (C(OH)–C–C–N with tert-alkyl or cyclic N) is 1. The monoisotopic (exact) mass is 231 g/mol. The Bertz CT molecular complexity index is 249. The van der Waals surface area contributed by atoms with Crippen LogP contribution in [0.5, 0.6) is 0 Å². The molecule has 0 saturated carbocycles. The first-order chi connectivity index (χ1) is 7.33. The molecule has 1 fully saturated rings. The molecule has 0 radical (unpaired) electrons. The molecule has 1 heterocycles. The molecule has 1 amide bonds. The van der Waals surface area contributed by atoms with Crippen molar-refractivity contribution in [3.8, 4) is 0 Å². The molecule has 0 aromatic carbocycles. The summed E-state index contributed by atoms with van der Waals surface area (Å²) >= 11 is 0. The van der Waals surface area contributed by atoms with E-state index < -0.39 is 17.8 Å². The van der Waals surface area contributed by atoms with E-state index in [-0.39, 0.29) is 12.6 Å². The molecule has 0 unspecified atom stereocenters. The van der Waals surface area contributed by atoms with Crippen LogP contribution < -0.4 is 0 Å². The Morgan fingerprint density at radius 1 is 1.44 bits per heavy atom. The van der Waals surface area contributed by atoms with E-state index in [2.05, 4.69) is 0 Å².